The molecule has 0 atom stereocenters. The molecule has 76 valence electrons. The van der Waals surface area contributed by atoms with Gasteiger partial charge in [0.05, 0.1) is 11.9 Å². The van der Waals surface area contributed by atoms with Crippen LogP contribution in [-0.4, -0.2) is 9.97 Å². The number of hydrogen-bond acceptors (Lipinski definition) is 1. The highest BCUT2D eigenvalue weighted by Crippen LogP contribution is 2.38. The molecule has 0 radical (unpaired) electrons. The Morgan fingerprint density at radius 2 is 2.20 bits per heavy atom. The Balaban J connectivity index is 1.97. The van der Waals surface area contributed by atoms with Crippen LogP contribution in [0.25, 0.3) is 11.3 Å². The normalized spacial score (nSPS) is 15.5. The quantitative estimate of drug-likeness (QED) is 0.796. The number of rotatable bonds is 2. The molecule has 15 heavy (non-hydrogen) atoms. The Hall–Kier alpha value is -1.64. The van der Waals surface area contributed by atoms with Gasteiger partial charge in [0.2, 0.25) is 0 Å². The maximum absolute atomic E-state index is 13.0. The lowest BCUT2D eigenvalue weighted by atomic mass is 10.2. The first-order chi connectivity index (χ1) is 7.33. The summed E-state index contributed by atoms with van der Waals surface area (Å²) in [6, 6.07) is 6.56. The van der Waals surface area contributed by atoms with Crippen molar-refractivity contribution in [3.63, 3.8) is 0 Å². The van der Waals surface area contributed by atoms with E-state index in [-0.39, 0.29) is 5.82 Å². The second-order valence-electron chi connectivity index (χ2n) is 3.97. The lowest BCUT2D eigenvalue weighted by Gasteiger charge is -1.96. The van der Waals surface area contributed by atoms with Crippen molar-refractivity contribution in [1.82, 2.24) is 9.97 Å². The van der Waals surface area contributed by atoms with Crippen molar-refractivity contribution >= 4 is 0 Å². The van der Waals surface area contributed by atoms with Crippen LogP contribution in [0.1, 0.15) is 24.6 Å². The lowest BCUT2D eigenvalue weighted by Crippen LogP contribution is -1.82. The third-order valence-corrected chi connectivity index (χ3v) is 2.70. The molecule has 3 rings (SSSR count). The highest BCUT2D eigenvalue weighted by molar-refractivity contribution is 5.58. The Kier molecular flexibility index (Phi) is 1.84. The summed E-state index contributed by atoms with van der Waals surface area (Å²) in [5, 5.41) is 0. The molecule has 0 unspecified atom stereocenters. The molecule has 2 aromatic rings. The van der Waals surface area contributed by atoms with Crippen LogP contribution in [0.4, 0.5) is 4.39 Å². The molecule has 0 amide bonds. The summed E-state index contributed by atoms with van der Waals surface area (Å²) >= 11 is 0. The van der Waals surface area contributed by atoms with Crippen molar-refractivity contribution in [3.8, 4) is 11.3 Å². The van der Waals surface area contributed by atoms with Gasteiger partial charge in [-0.05, 0) is 25.0 Å². The maximum atomic E-state index is 13.0. The molecule has 0 bridgehead atoms. The second kappa shape index (κ2) is 3.19. The summed E-state index contributed by atoms with van der Waals surface area (Å²) in [6.07, 6.45) is 4.22. The molecule has 0 spiro atoms. The zero-order valence-electron chi connectivity index (χ0n) is 8.20. The fraction of sp³-hybridized carbons (Fsp3) is 0.250. The van der Waals surface area contributed by atoms with Gasteiger partial charge in [-0.3, -0.25) is 0 Å². The molecule has 1 aromatic carbocycles. The molecule has 0 saturated heterocycles. The topological polar surface area (TPSA) is 28.7 Å². The van der Waals surface area contributed by atoms with Crippen LogP contribution >= 0.6 is 0 Å². The monoisotopic (exact) mass is 202 g/mol. The molecule has 3 heteroatoms. The minimum Gasteiger partial charge on any atom is -0.342 e. The van der Waals surface area contributed by atoms with Crippen molar-refractivity contribution in [2.24, 2.45) is 0 Å². The number of imidazole rings is 1. The number of halogens is 1. The van der Waals surface area contributed by atoms with Gasteiger partial charge in [0.15, 0.2) is 0 Å². The first-order valence-corrected chi connectivity index (χ1v) is 5.14. The van der Waals surface area contributed by atoms with E-state index >= 15 is 0 Å². The highest BCUT2D eigenvalue weighted by atomic mass is 19.1. The number of aromatic nitrogens is 2. The predicted octanol–water partition coefficient (Wildman–Crippen LogP) is 3.09. The molecule has 1 aliphatic rings. The summed E-state index contributed by atoms with van der Waals surface area (Å²) in [5.41, 5.74) is 1.76. The highest BCUT2D eigenvalue weighted by Gasteiger charge is 2.26. The molecule has 0 aliphatic heterocycles. The van der Waals surface area contributed by atoms with Gasteiger partial charge in [-0.2, -0.15) is 0 Å². The van der Waals surface area contributed by atoms with Crippen LogP contribution in [0, 0.1) is 5.82 Å². The molecular formula is C12H11FN2. The van der Waals surface area contributed by atoms with Gasteiger partial charge < -0.3 is 4.98 Å². The lowest BCUT2D eigenvalue weighted by molar-refractivity contribution is 0.628. The molecule has 1 aliphatic carbocycles. The van der Waals surface area contributed by atoms with Gasteiger partial charge in [0, 0.05) is 11.5 Å². The molecule has 1 saturated carbocycles. The molecule has 2 nitrogen and oxygen atoms in total. The Labute approximate surface area is 87.2 Å². The average Bonchev–Trinajstić information content (AvgIpc) is 2.97. The van der Waals surface area contributed by atoms with Crippen LogP contribution in [0.2, 0.25) is 0 Å². The summed E-state index contributed by atoms with van der Waals surface area (Å²) in [6.45, 7) is 0. The van der Waals surface area contributed by atoms with Crippen molar-refractivity contribution in [1.29, 1.82) is 0 Å². The number of nitrogens with one attached hydrogen (secondary N) is 1. The van der Waals surface area contributed by atoms with E-state index in [9.17, 15) is 4.39 Å². The minimum absolute atomic E-state index is 0.213. The van der Waals surface area contributed by atoms with E-state index < -0.39 is 0 Å². The number of benzene rings is 1. The smallest absolute Gasteiger partial charge is 0.123 e. The molecule has 1 aromatic heterocycles. The first-order valence-electron chi connectivity index (χ1n) is 5.14. The largest absolute Gasteiger partial charge is 0.342 e. The summed E-state index contributed by atoms with van der Waals surface area (Å²) in [5.74, 6) is 1.43. The second-order valence-corrected chi connectivity index (χ2v) is 3.97. The van der Waals surface area contributed by atoms with E-state index in [0.717, 1.165) is 17.1 Å². The Morgan fingerprint density at radius 1 is 1.33 bits per heavy atom. The number of aromatic amines is 1. The van der Waals surface area contributed by atoms with Crippen LogP contribution in [0.3, 0.4) is 0 Å². The van der Waals surface area contributed by atoms with Crippen LogP contribution < -0.4 is 0 Å². The van der Waals surface area contributed by atoms with E-state index in [2.05, 4.69) is 9.97 Å². The standard InChI is InChI=1S/C12H11FN2/c13-10-3-1-2-9(6-10)11-7-14-12(15-11)8-4-5-8/h1-3,6-8H,4-5H2,(H,14,15). The number of H-pyrrole nitrogens is 1. The zero-order chi connectivity index (χ0) is 10.3. The number of hydrogen-bond donors (Lipinski definition) is 1. The van der Waals surface area contributed by atoms with E-state index in [1.807, 2.05) is 6.07 Å². The van der Waals surface area contributed by atoms with Crippen molar-refractivity contribution in [2.75, 3.05) is 0 Å². The van der Waals surface area contributed by atoms with Gasteiger partial charge in [-0.15, -0.1) is 0 Å². The van der Waals surface area contributed by atoms with Crippen molar-refractivity contribution in [2.45, 2.75) is 18.8 Å². The molecule has 1 heterocycles. The van der Waals surface area contributed by atoms with Gasteiger partial charge in [-0.25, -0.2) is 9.37 Å². The SMILES string of the molecule is Fc1cccc(-c2cnc(C3CC3)[nH]2)c1. The summed E-state index contributed by atoms with van der Waals surface area (Å²) in [4.78, 5) is 7.55. The zero-order valence-corrected chi connectivity index (χ0v) is 8.20. The van der Waals surface area contributed by atoms with E-state index in [0.29, 0.717) is 5.92 Å². The number of nitrogens with zero attached hydrogens (tertiary/aromatic N) is 1. The van der Waals surface area contributed by atoms with Gasteiger partial charge in [0.25, 0.3) is 0 Å². The predicted molar refractivity (Wildman–Crippen MR) is 56.0 cm³/mol. The fourth-order valence-corrected chi connectivity index (χ4v) is 1.70. The van der Waals surface area contributed by atoms with Crippen LogP contribution in [0.15, 0.2) is 30.5 Å². The molecule has 1 fully saturated rings. The summed E-state index contributed by atoms with van der Waals surface area (Å²) in [7, 11) is 0. The van der Waals surface area contributed by atoms with E-state index in [4.69, 9.17) is 0 Å². The van der Waals surface area contributed by atoms with Gasteiger partial charge in [0.1, 0.15) is 11.6 Å². The fourth-order valence-electron chi connectivity index (χ4n) is 1.70. The maximum Gasteiger partial charge on any atom is 0.123 e. The molecular weight excluding hydrogens is 191 g/mol. The van der Waals surface area contributed by atoms with E-state index in [1.165, 1.54) is 25.0 Å². The van der Waals surface area contributed by atoms with Crippen molar-refractivity contribution in [3.05, 3.63) is 42.1 Å². The minimum atomic E-state index is -0.213. The van der Waals surface area contributed by atoms with Gasteiger partial charge in [-0.1, -0.05) is 12.1 Å². The van der Waals surface area contributed by atoms with Crippen LogP contribution in [0.5, 0.6) is 0 Å². The van der Waals surface area contributed by atoms with Crippen molar-refractivity contribution < 1.29 is 4.39 Å². The average molecular weight is 202 g/mol. The Bertz CT molecular complexity index is 486. The Morgan fingerprint density at radius 3 is 2.93 bits per heavy atom. The van der Waals surface area contributed by atoms with Crippen LogP contribution in [-0.2, 0) is 0 Å². The first kappa shape index (κ1) is 8.65. The third-order valence-electron chi connectivity index (χ3n) is 2.70. The van der Waals surface area contributed by atoms with Gasteiger partial charge >= 0.3 is 0 Å². The van der Waals surface area contributed by atoms with E-state index in [1.54, 1.807) is 12.3 Å². The summed E-state index contributed by atoms with van der Waals surface area (Å²) < 4.78 is 13.0. The molecule has 1 N–H and O–H groups in total. The third kappa shape index (κ3) is 1.65.